The molecule has 0 saturated heterocycles. The average molecular weight is 964 g/mol. The summed E-state index contributed by atoms with van der Waals surface area (Å²) in [5.74, 6) is -0.972. The molecule has 0 bridgehead atoms. The van der Waals surface area contributed by atoms with Gasteiger partial charge in [-0.05, 0) is 57.8 Å². The monoisotopic (exact) mass is 963 g/mol. The Morgan fingerprint density at radius 1 is 0.304 bits per heavy atom. The molecular formula is C63H110O6. The number of carbonyl (C=O) groups is 3. The summed E-state index contributed by atoms with van der Waals surface area (Å²) in [6, 6.07) is 0. The van der Waals surface area contributed by atoms with Gasteiger partial charge in [-0.15, -0.1) is 0 Å². The Morgan fingerprint density at radius 3 is 0.855 bits per heavy atom. The van der Waals surface area contributed by atoms with Crippen LogP contribution in [0.4, 0.5) is 0 Å². The van der Waals surface area contributed by atoms with Crippen LogP contribution in [-0.4, -0.2) is 37.2 Å². The zero-order valence-electron chi connectivity index (χ0n) is 45.6. The van der Waals surface area contributed by atoms with Gasteiger partial charge in [0, 0.05) is 19.3 Å². The van der Waals surface area contributed by atoms with Crippen LogP contribution in [0.2, 0.25) is 0 Å². The minimum atomic E-state index is -0.813. The second-order valence-electron chi connectivity index (χ2n) is 19.5. The summed E-state index contributed by atoms with van der Waals surface area (Å²) in [4.78, 5) is 38.2. The van der Waals surface area contributed by atoms with E-state index >= 15 is 0 Å². The lowest BCUT2D eigenvalue weighted by atomic mass is 10.0. The van der Waals surface area contributed by atoms with Gasteiger partial charge >= 0.3 is 17.9 Å². The Hall–Kier alpha value is -3.15. The maximum absolute atomic E-state index is 12.8. The van der Waals surface area contributed by atoms with E-state index < -0.39 is 6.10 Å². The van der Waals surface area contributed by atoms with E-state index in [9.17, 15) is 14.4 Å². The van der Waals surface area contributed by atoms with Crippen LogP contribution in [0.25, 0.3) is 0 Å². The molecular weight excluding hydrogens is 853 g/mol. The SMILES string of the molecule is CC/C=C\C/C=C\C/C=C\C/C=C\C/C=C\C/C=C\CCC(=O)O[C@@H](COC(=O)CCCCCCCCCCCCCCCCC)COC(=O)CCCCCCCCCCCCCCCCCCC. The quantitative estimate of drug-likeness (QED) is 0.0262. The molecule has 0 aromatic rings. The number of esters is 3. The molecule has 398 valence electrons. The number of hydrogen-bond donors (Lipinski definition) is 0. The summed E-state index contributed by atoms with van der Waals surface area (Å²) in [7, 11) is 0. The topological polar surface area (TPSA) is 78.9 Å². The fraction of sp³-hybridized carbons (Fsp3) is 0.762. The second-order valence-corrected chi connectivity index (χ2v) is 19.5. The largest absolute Gasteiger partial charge is 0.462 e. The van der Waals surface area contributed by atoms with Crippen LogP contribution < -0.4 is 0 Å². The van der Waals surface area contributed by atoms with Crippen LogP contribution in [0.1, 0.15) is 290 Å². The van der Waals surface area contributed by atoms with Crippen molar-refractivity contribution < 1.29 is 28.6 Å². The summed E-state index contributed by atoms with van der Waals surface area (Å²) >= 11 is 0. The van der Waals surface area contributed by atoms with Gasteiger partial charge in [-0.2, -0.15) is 0 Å². The molecule has 0 saturated carbocycles. The molecule has 6 nitrogen and oxygen atoms in total. The van der Waals surface area contributed by atoms with Gasteiger partial charge in [0.25, 0.3) is 0 Å². The highest BCUT2D eigenvalue weighted by molar-refractivity contribution is 5.71. The van der Waals surface area contributed by atoms with Gasteiger partial charge in [-0.1, -0.05) is 286 Å². The molecule has 0 spiro atoms. The van der Waals surface area contributed by atoms with Crippen LogP contribution in [0.15, 0.2) is 72.9 Å². The van der Waals surface area contributed by atoms with Gasteiger partial charge in [-0.3, -0.25) is 14.4 Å². The minimum Gasteiger partial charge on any atom is -0.462 e. The van der Waals surface area contributed by atoms with Gasteiger partial charge in [0.1, 0.15) is 13.2 Å². The fourth-order valence-corrected chi connectivity index (χ4v) is 8.35. The first kappa shape index (κ1) is 65.8. The fourth-order valence-electron chi connectivity index (χ4n) is 8.35. The first-order valence-electron chi connectivity index (χ1n) is 29.4. The maximum atomic E-state index is 12.8. The molecule has 0 aromatic heterocycles. The van der Waals surface area contributed by atoms with Crippen molar-refractivity contribution in [2.45, 2.75) is 297 Å². The molecule has 0 heterocycles. The van der Waals surface area contributed by atoms with E-state index in [2.05, 4.69) is 87.6 Å². The van der Waals surface area contributed by atoms with Crippen molar-refractivity contribution in [3.05, 3.63) is 72.9 Å². The lowest BCUT2D eigenvalue weighted by molar-refractivity contribution is -0.166. The van der Waals surface area contributed by atoms with E-state index in [1.165, 1.54) is 167 Å². The standard InChI is InChI=1S/C63H110O6/c1-4-7-10-13-16-19-22-25-28-30-31-33-36-39-42-45-48-51-54-57-63(66)69-60(58-67-61(64)55-52-49-46-43-40-37-34-27-24-21-18-15-12-9-6-3)59-68-62(65)56-53-50-47-44-41-38-35-32-29-26-23-20-17-14-11-8-5-2/h7,10,16,19,25,28,31,33,39,42,48,51,60H,4-6,8-9,11-15,17-18,20-24,26-27,29-30,32,34-38,40-41,43-47,49-50,52-59H2,1-3H3/b10-7-,19-16-,28-25-,33-31-,42-39-,51-48-/t60-/m0/s1. The summed E-state index contributed by atoms with van der Waals surface area (Å²) in [5.41, 5.74) is 0. The lowest BCUT2D eigenvalue weighted by Gasteiger charge is -2.18. The number of carbonyl (C=O) groups excluding carboxylic acids is 3. The Morgan fingerprint density at radius 2 is 0.565 bits per heavy atom. The van der Waals surface area contributed by atoms with E-state index in [1.54, 1.807) is 0 Å². The van der Waals surface area contributed by atoms with E-state index in [1.807, 2.05) is 6.08 Å². The predicted octanol–water partition coefficient (Wildman–Crippen LogP) is 19.8. The van der Waals surface area contributed by atoms with E-state index in [0.29, 0.717) is 19.3 Å². The van der Waals surface area contributed by atoms with Crippen LogP contribution in [0, 0.1) is 0 Å². The third-order valence-corrected chi connectivity index (χ3v) is 12.7. The molecule has 0 radical (unpaired) electrons. The van der Waals surface area contributed by atoms with Crippen molar-refractivity contribution in [2.75, 3.05) is 13.2 Å². The summed E-state index contributed by atoms with van der Waals surface area (Å²) in [6.07, 6.45) is 73.3. The van der Waals surface area contributed by atoms with E-state index in [-0.39, 0.29) is 37.5 Å². The normalized spacial score (nSPS) is 12.6. The van der Waals surface area contributed by atoms with Crippen molar-refractivity contribution >= 4 is 17.9 Å². The van der Waals surface area contributed by atoms with Crippen molar-refractivity contribution in [3.63, 3.8) is 0 Å². The third kappa shape index (κ3) is 55.6. The molecule has 0 amide bonds. The number of allylic oxidation sites excluding steroid dienone is 12. The van der Waals surface area contributed by atoms with Crippen molar-refractivity contribution in [3.8, 4) is 0 Å². The second kappa shape index (κ2) is 57.4. The number of ether oxygens (including phenoxy) is 3. The minimum absolute atomic E-state index is 0.102. The Kier molecular flexibility index (Phi) is 54.8. The highest BCUT2D eigenvalue weighted by Gasteiger charge is 2.19. The Balaban J connectivity index is 4.47. The van der Waals surface area contributed by atoms with Gasteiger partial charge in [0.05, 0.1) is 0 Å². The Labute approximate surface area is 427 Å². The average Bonchev–Trinajstić information content (AvgIpc) is 3.35. The number of hydrogen-bond acceptors (Lipinski definition) is 6. The number of unbranched alkanes of at least 4 members (excludes halogenated alkanes) is 30. The van der Waals surface area contributed by atoms with Crippen molar-refractivity contribution in [1.29, 1.82) is 0 Å². The Bertz CT molecular complexity index is 1290. The van der Waals surface area contributed by atoms with E-state index in [0.717, 1.165) is 77.0 Å². The zero-order valence-corrected chi connectivity index (χ0v) is 45.6. The zero-order chi connectivity index (χ0) is 50.0. The molecule has 0 rings (SSSR count). The highest BCUT2D eigenvalue weighted by atomic mass is 16.6. The van der Waals surface area contributed by atoms with Crippen LogP contribution in [-0.2, 0) is 28.6 Å². The maximum Gasteiger partial charge on any atom is 0.306 e. The lowest BCUT2D eigenvalue weighted by Crippen LogP contribution is -2.30. The number of rotatable bonds is 53. The summed E-state index contributed by atoms with van der Waals surface area (Å²) in [5, 5.41) is 0. The molecule has 1 atom stereocenters. The van der Waals surface area contributed by atoms with Crippen LogP contribution in [0.5, 0.6) is 0 Å². The van der Waals surface area contributed by atoms with Crippen molar-refractivity contribution in [1.82, 2.24) is 0 Å². The molecule has 0 aromatic carbocycles. The smallest absolute Gasteiger partial charge is 0.306 e. The molecule has 0 unspecified atom stereocenters. The summed E-state index contributed by atoms with van der Waals surface area (Å²) in [6.45, 7) is 6.50. The highest BCUT2D eigenvalue weighted by Crippen LogP contribution is 2.16. The van der Waals surface area contributed by atoms with Crippen molar-refractivity contribution in [2.24, 2.45) is 0 Å². The molecule has 0 aliphatic heterocycles. The molecule has 0 N–H and O–H groups in total. The van der Waals surface area contributed by atoms with Gasteiger partial charge in [0.2, 0.25) is 0 Å². The molecule has 69 heavy (non-hydrogen) atoms. The molecule has 0 aliphatic carbocycles. The summed E-state index contributed by atoms with van der Waals surface area (Å²) < 4.78 is 16.8. The molecule has 0 aliphatic rings. The van der Waals surface area contributed by atoms with Gasteiger partial charge < -0.3 is 14.2 Å². The van der Waals surface area contributed by atoms with Gasteiger partial charge in [0.15, 0.2) is 6.10 Å². The first-order valence-corrected chi connectivity index (χ1v) is 29.4. The third-order valence-electron chi connectivity index (χ3n) is 12.7. The van der Waals surface area contributed by atoms with Gasteiger partial charge in [-0.25, -0.2) is 0 Å². The molecule has 6 heteroatoms. The van der Waals surface area contributed by atoms with Crippen LogP contribution in [0.3, 0.4) is 0 Å². The van der Waals surface area contributed by atoms with E-state index in [4.69, 9.17) is 14.2 Å². The predicted molar refractivity (Wildman–Crippen MR) is 298 cm³/mol. The van der Waals surface area contributed by atoms with Crippen LogP contribution >= 0.6 is 0 Å². The molecule has 0 fully saturated rings. The first-order chi connectivity index (χ1) is 34.0.